The maximum Gasteiger partial charge on any atom is 0.244 e. The molecular formula is C21H25NO5. The monoisotopic (exact) mass is 371 g/mol. The maximum atomic E-state index is 12.0. The summed E-state index contributed by atoms with van der Waals surface area (Å²) in [5.41, 5.74) is 1.87. The molecule has 0 aliphatic rings. The number of benzene rings is 2. The first-order chi connectivity index (χ1) is 13.1. The third kappa shape index (κ3) is 5.95. The number of hydrogen-bond acceptors (Lipinski definition) is 5. The van der Waals surface area contributed by atoms with Crippen LogP contribution in [0.25, 0.3) is 6.08 Å². The SMILES string of the molecule is COc1cc(CCNC(=O)/C=C/c2ccc(OC)c(OC)c2)cc(OC)c1. The maximum absolute atomic E-state index is 12.0. The predicted molar refractivity (Wildman–Crippen MR) is 105 cm³/mol. The van der Waals surface area contributed by atoms with Gasteiger partial charge in [-0.1, -0.05) is 6.07 Å². The highest BCUT2D eigenvalue weighted by Gasteiger charge is 2.04. The number of amides is 1. The van der Waals surface area contributed by atoms with E-state index in [1.165, 1.54) is 6.08 Å². The van der Waals surface area contributed by atoms with Crippen LogP contribution >= 0.6 is 0 Å². The second-order valence-corrected chi connectivity index (χ2v) is 5.71. The van der Waals surface area contributed by atoms with E-state index in [0.717, 1.165) is 22.6 Å². The summed E-state index contributed by atoms with van der Waals surface area (Å²) >= 11 is 0. The van der Waals surface area contributed by atoms with Crippen molar-refractivity contribution in [1.82, 2.24) is 5.32 Å². The van der Waals surface area contributed by atoms with Crippen LogP contribution in [-0.4, -0.2) is 40.9 Å². The van der Waals surface area contributed by atoms with Crippen LogP contribution in [0.3, 0.4) is 0 Å². The lowest BCUT2D eigenvalue weighted by Gasteiger charge is -2.09. The van der Waals surface area contributed by atoms with Crippen LogP contribution in [-0.2, 0) is 11.2 Å². The van der Waals surface area contributed by atoms with Crippen LogP contribution in [0, 0.1) is 0 Å². The predicted octanol–water partition coefficient (Wildman–Crippen LogP) is 3.09. The van der Waals surface area contributed by atoms with Gasteiger partial charge in [0.25, 0.3) is 0 Å². The van der Waals surface area contributed by atoms with Gasteiger partial charge in [-0.15, -0.1) is 0 Å². The number of nitrogens with one attached hydrogen (secondary N) is 1. The van der Waals surface area contributed by atoms with Gasteiger partial charge in [-0.2, -0.15) is 0 Å². The lowest BCUT2D eigenvalue weighted by Crippen LogP contribution is -2.23. The van der Waals surface area contributed by atoms with E-state index in [2.05, 4.69) is 5.32 Å². The zero-order valence-corrected chi connectivity index (χ0v) is 16.1. The first-order valence-corrected chi connectivity index (χ1v) is 8.49. The van der Waals surface area contributed by atoms with Crippen molar-refractivity contribution in [3.8, 4) is 23.0 Å². The number of ether oxygens (including phenoxy) is 4. The molecule has 6 nitrogen and oxygen atoms in total. The van der Waals surface area contributed by atoms with E-state index >= 15 is 0 Å². The number of carbonyl (C=O) groups excluding carboxylic acids is 1. The molecule has 0 bridgehead atoms. The van der Waals surface area contributed by atoms with Crippen LogP contribution < -0.4 is 24.3 Å². The fraction of sp³-hybridized carbons (Fsp3) is 0.286. The Labute approximate surface area is 159 Å². The van der Waals surface area contributed by atoms with Crippen molar-refractivity contribution in [2.45, 2.75) is 6.42 Å². The standard InChI is InChI=1S/C21H25NO5/c1-24-17-11-16(12-18(14-17)25-2)9-10-22-21(23)8-6-15-5-7-19(26-3)20(13-15)27-4/h5-8,11-14H,9-10H2,1-4H3,(H,22,23)/b8-6+. The van der Waals surface area contributed by atoms with Gasteiger partial charge >= 0.3 is 0 Å². The summed E-state index contributed by atoms with van der Waals surface area (Å²) in [5, 5.41) is 2.86. The Bertz CT molecular complexity index is 779. The molecule has 0 radical (unpaired) electrons. The second kappa shape index (κ2) is 10.1. The van der Waals surface area contributed by atoms with Gasteiger partial charge in [0.1, 0.15) is 11.5 Å². The Hall–Kier alpha value is -3.15. The van der Waals surface area contributed by atoms with Gasteiger partial charge in [0.2, 0.25) is 5.91 Å². The molecule has 1 N–H and O–H groups in total. The summed E-state index contributed by atoms with van der Waals surface area (Å²) in [6.07, 6.45) is 3.89. The second-order valence-electron chi connectivity index (χ2n) is 5.71. The highest BCUT2D eigenvalue weighted by atomic mass is 16.5. The summed E-state index contributed by atoms with van der Waals surface area (Å²) in [6, 6.07) is 11.1. The van der Waals surface area contributed by atoms with Gasteiger partial charge in [-0.05, 0) is 47.9 Å². The lowest BCUT2D eigenvalue weighted by molar-refractivity contribution is -0.116. The van der Waals surface area contributed by atoms with E-state index in [-0.39, 0.29) is 5.91 Å². The van der Waals surface area contributed by atoms with Crippen molar-refractivity contribution in [2.24, 2.45) is 0 Å². The van der Waals surface area contributed by atoms with Crippen LogP contribution in [0.1, 0.15) is 11.1 Å². The Balaban J connectivity index is 1.90. The van der Waals surface area contributed by atoms with Gasteiger partial charge in [0.05, 0.1) is 28.4 Å². The quantitative estimate of drug-likeness (QED) is 0.686. The zero-order valence-electron chi connectivity index (χ0n) is 16.1. The fourth-order valence-electron chi connectivity index (χ4n) is 2.53. The van der Waals surface area contributed by atoms with Gasteiger partial charge in [0.15, 0.2) is 11.5 Å². The van der Waals surface area contributed by atoms with E-state index in [9.17, 15) is 4.79 Å². The fourth-order valence-corrected chi connectivity index (χ4v) is 2.53. The molecule has 0 fully saturated rings. The molecule has 0 aliphatic heterocycles. The molecule has 0 saturated carbocycles. The van der Waals surface area contributed by atoms with Crippen LogP contribution in [0.2, 0.25) is 0 Å². The minimum absolute atomic E-state index is 0.167. The average Bonchev–Trinajstić information content (AvgIpc) is 2.71. The summed E-state index contributed by atoms with van der Waals surface area (Å²) < 4.78 is 21.0. The number of carbonyl (C=O) groups is 1. The number of hydrogen-bond donors (Lipinski definition) is 1. The van der Waals surface area contributed by atoms with Gasteiger partial charge in [0, 0.05) is 18.7 Å². The molecule has 2 rings (SSSR count). The number of methoxy groups -OCH3 is 4. The first-order valence-electron chi connectivity index (χ1n) is 8.49. The molecule has 0 spiro atoms. The molecule has 0 aliphatic carbocycles. The third-order valence-corrected chi connectivity index (χ3v) is 3.96. The molecule has 27 heavy (non-hydrogen) atoms. The molecule has 144 valence electrons. The Morgan fingerprint density at radius 2 is 1.56 bits per heavy atom. The summed E-state index contributed by atoms with van der Waals surface area (Å²) in [7, 11) is 6.38. The van der Waals surface area contributed by atoms with E-state index in [1.54, 1.807) is 40.6 Å². The summed E-state index contributed by atoms with van der Waals surface area (Å²) in [4.78, 5) is 12.0. The Kier molecular flexibility index (Phi) is 7.55. The third-order valence-electron chi connectivity index (χ3n) is 3.96. The van der Waals surface area contributed by atoms with Crippen molar-refractivity contribution in [1.29, 1.82) is 0 Å². The van der Waals surface area contributed by atoms with Crippen molar-refractivity contribution in [2.75, 3.05) is 35.0 Å². The van der Waals surface area contributed by atoms with Crippen molar-refractivity contribution in [3.63, 3.8) is 0 Å². The highest BCUT2D eigenvalue weighted by Crippen LogP contribution is 2.28. The van der Waals surface area contributed by atoms with Crippen molar-refractivity contribution in [3.05, 3.63) is 53.6 Å². The molecule has 2 aromatic carbocycles. The van der Waals surface area contributed by atoms with Crippen molar-refractivity contribution < 1.29 is 23.7 Å². The lowest BCUT2D eigenvalue weighted by atomic mass is 10.1. The van der Waals surface area contributed by atoms with Crippen LogP contribution in [0.4, 0.5) is 0 Å². The smallest absolute Gasteiger partial charge is 0.244 e. The molecule has 6 heteroatoms. The van der Waals surface area contributed by atoms with E-state index < -0.39 is 0 Å². The van der Waals surface area contributed by atoms with Gasteiger partial charge in [-0.25, -0.2) is 0 Å². The minimum Gasteiger partial charge on any atom is -0.497 e. The molecule has 0 aromatic heterocycles. The topological polar surface area (TPSA) is 66.0 Å². The highest BCUT2D eigenvalue weighted by molar-refractivity contribution is 5.91. The summed E-state index contributed by atoms with van der Waals surface area (Å²) in [5.74, 6) is 2.55. The van der Waals surface area contributed by atoms with Gasteiger partial charge in [-0.3, -0.25) is 4.79 Å². The Morgan fingerprint density at radius 3 is 2.15 bits per heavy atom. The Morgan fingerprint density at radius 1 is 0.889 bits per heavy atom. The average molecular weight is 371 g/mol. The zero-order chi connectivity index (χ0) is 19.6. The van der Waals surface area contributed by atoms with E-state index in [4.69, 9.17) is 18.9 Å². The van der Waals surface area contributed by atoms with E-state index in [1.807, 2.05) is 30.3 Å². The molecule has 2 aromatic rings. The van der Waals surface area contributed by atoms with Gasteiger partial charge < -0.3 is 24.3 Å². The minimum atomic E-state index is -0.167. The van der Waals surface area contributed by atoms with Crippen LogP contribution in [0.15, 0.2) is 42.5 Å². The van der Waals surface area contributed by atoms with Crippen molar-refractivity contribution >= 4 is 12.0 Å². The molecule has 0 heterocycles. The normalized spacial score (nSPS) is 10.5. The number of rotatable bonds is 9. The van der Waals surface area contributed by atoms with Crippen LogP contribution in [0.5, 0.6) is 23.0 Å². The molecule has 0 saturated heterocycles. The largest absolute Gasteiger partial charge is 0.497 e. The molecule has 0 atom stereocenters. The molecular weight excluding hydrogens is 346 g/mol. The molecule has 0 unspecified atom stereocenters. The molecule has 1 amide bonds. The van der Waals surface area contributed by atoms with E-state index in [0.29, 0.717) is 24.5 Å². The first kappa shape index (κ1) is 20.2. The summed E-state index contributed by atoms with van der Waals surface area (Å²) in [6.45, 7) is 0.505.